The topological polar surface area (TPSA) is 79.2 Å². The molecule has 0 radical (unpaired) electrons. The second-order valence-corrected chi connectivity index (χ2v) is 10.6. The van der Waals surface area contributed by atoms with E-state index in [-0.39, 0.29) is 11.3 Å². The minimum Gasteiger partial charge on any atom is -0.367 e. The number of amides is 1. The van der Waals surface area contributed by atoms with Gasteiger partial charge in [0, 0.05) is 50.1 Å². The molecule has 9 heteroatoms. The maximum Gasteiger partial charge on any atom is 0.228 e. The minimum absolute atomic E-state index is 0.0783. The molecule has 3 heterocycles. The van der Waals surface area contributed by atoms with E-state index in [1.54, 1.807) is 6.92 Å². The molecule has 192 valence electrons. The standard InChI is InChI=1S/C27H36ClN7O/c1-4-22(5-2)35-24-23(17-30-35)31-26(34-15-13-33(14-16-34)19(3)36)32-25(24)29-18-27(11-6-12-27)20-7-9-21(28)10-8-20/h7-10,17,22H,4-6,11-16,18H2,1-3H3,(H,29,31,32). The quantitative estimate of drug-likeness (QED) is 0.458. The van der Waals surface area contributed by atoms with Crippen molar-refractivity contribution in [3.63, 3.8) is 0 Å². The van der Waals surface area contributed by atoms with E-state index in [9.17, 15) is 4.79 Å². The molecular weight excluding hydrogens is 474 g/mol. The van der Waals surface area contributed by atoms with Crippen LogP contribution in [0.4, 0.5) is 11.8 Å². The van der Waals surface area contributed by atoms with Crippen molar-refractivity contribution in [1.82, 2.24) is 24.6 Å². The molecule has 0 spiro atoms. The normalized spacial score (nSPS) is 17.5. The molecule has 1 amide bonds. The zero-order valence-electron chi connectivity index (χ0n) is 21.5. The van der Waals surface area contributed by atoms with Crippen molar-refractivity contribution < 1.29 is 4.79 Å². The lowest BCUT2D eigenvalue weighted by Crippen LogP contribution is -2.48. The number of benzene rings is 1. The van der Waals surface area contributed by atoms with Crippen LogP contribution in [0.15, 0.2) is 30.5 Å². The van der Waals surface area contributed by atoms with Crippen molar-refractivity contribution in [1.29, 1.82) is 0 Å². The maximum atomic E-state index is 11.8. The van der Waals surface area contributed by atoms with Crippen LogP contribution < -0.4 is 10.2 Å². The summed E-state index contributed by atoms with van der Waals surface area (Å²) in [6, 6.07) is 8.59. The van der Waals surface area contributed by atoms with Crippen LogP contribution in [0.2, 0.25) is 5.02 Å². The molecule has 0 bridgehead atoms. The Morgan fingerprint density at radius 3 is 2.36 bits per heavy atom. The van der Waals surface area contributed by atoms with Gasteiger partial charge in [0.25, 0.3) is 0 Å². The first-order valence-electron chi connectivity index (χ1n) is 13.2. The summed E-state index contributed by atoms with van der Waals surface area (Å²) >= 11 is 6.17. The van der Waals surface area contributed by atoms with Gasteiger partial charge in [-0.3, -0.25) is 9.48 Å². The summed E-state index contributed by atoms with van der Waals surface area (Å²) in [5.74, 6) is 1.66. The molecule has 1 aliphatic heterocycles. The zero-order chi connectivity index (χ0) is 25.3. The molecule has 1 N–H and O–H groups in total. The van der Waals surface area contributed by atoms with E-state index in [1.807, 2.05) is 23.2 Å². The van der Waals surface area contributed by atoms with Crippen LogP contribution in [-0.4, -0.2) is 63.3 Å². The number of fused-ring (bicyclic) bond motifs is 1. The molecule has 0 atom stereocenters. The van der Waals surface area contributed by atoms with E-state index >= 15 is 0 Å². The van der Waals surface area contributed by atoms with Crippen LogP contribution in [0.1, 0.15) is 64.5 Å². The van der Waals surface area contributed by atoms with Crippen molar-refractivity contribution in [2.75, 3.05) is 42.9 Å². The average Bonchev–Trinajstić information content (AvgIpc) is 3.29. The lowest BCUT2D eigenvalue weighted by atomic mass is 9.64. The van der Waals surface area contributed by atoms with Crippen LogP contribution in [0.25, 0.3) is 11.0 Å². The summed E-state index contributed by atoms with van der Waals surface area (Å²) in [6.45, 7) is 9.64. The molecule has 8 nitrogen and oxygen atoms in total. The Bertz CT molecular complexity index is 1210. The van der Waals surface area contributed by atoms with Gasteiger partial charge in [0.1, 0.15) is 11.0 Å². The minimum atomic E-state index is 0.0783. The first-order valence-corrected chi connectivity index (χ1v) is 13.6. The number of carbonyl (C=O) groups excluding carboxylic acids is 1. The summed E-state index contributed by atoms with van der Waals surface area (Å²) in [6.07, 6.45) is 7.37. The number of hydrogen-bond donors (Lipinski definition) is 1. The molecule has 3 aromatic rings. The smallest absolute Gasteiger partial charge is 0.228 e. The molecular formula is C27H36ClN7O. The van der Waals surface area contributed by atoms with E-state index in [2.05, 4.69) is 40.9 Å². The molecule has 36 heavy (non-hydrogen) atoms. The highest BCUT2D eigenvalue weighted by atomic mass is 35.5. The molecule has 5 rings (SSSR count). The van der Waals surface area contributed by atoms with Crippen molar-refractivity contribution in [3.05, 3.63) is 41.0 Å². The van der Waals surface area contributed by atoms with Crippen LogP contribution in [0.3, 0.4) is 0 Å². The average molecular weight is 510 g/mol. The lowest BCUT2D eigenvalue weighted by molar-refractivity contribution is -0.129. The lowest BCUT2D eigenvalue weighted by Gasteiger charge is -2.43. The number of hydrogen-bond acceptors (Lipinski definition) is 6. The third-order valence-corrected chi connectivity index (χ3v) is 8.34. The Kier molecular flexibility index (Phi) is 7.06. The van der Waals surface area contributed by atoms with Crippen LogP contribution in [0.5, 0.6) is 0 Å². The van der Waals surface area contributed by atoms with Gasteiger partial charge in [0.2, 0.25) is 11.9 Å². The van der Waals surface area contributed by atoms with Gasteiger partial charge in [0.15, 0.2) is 5.82 Å². The fraction of sp³-hybridized carbons (Fsp3) is 0.556. The maximum absolute atomic E-state index is 11.8. The number of nitrogens with one attached hydrogen (secondary N) is 1. The van der Waals surface area contributed by atoms with E-state index in [0.29, 0.717) is 25.1 Å². The zero-order valence-corrected chi connectivity index (χ0v) is 22.3. The Hall–Kier alpha value is -2.87. The summed E-state index contributed by atoms with van der Waals surface area (Å²) < 4.78 is 2.10. The second-order valence-electron chi connectivity index (χ2n) is 10.2. The summed E-state index contributed by atoms with van der Waals surface area (Å²) in [4.78, 5) is 25.8. The van der Waals surface area contributed by atoms with Gasteiger partial charge in [-0.15, -0.1) is 0 Å². The van der Waals surface area contributed by atoms with Crippen LogP contribution >= 0.6 is 11.6 Å². The Morgan fingerprint density at radius 2 is 1.78 bits per heavy atom. The second kappa shape index (κ2) is 10.2. The number of rotatable bonds is 8. The van der Waals surface area contributed by atoms with Gasteiger partial charge in [-0.05, 0) is 43.4 Å². The summed E-state index contributed by atoms with van der Waals surface area (Å²) in [7, 11) is 0. The molecule has 1 aliphatic carbocycles. The Morgan fingerprint density at radius 1 is 1.08 bits per heavy atom. The van der Waals surface area contributed by atoms with Crippen molar-refractivity contribution in [2.45, 2.75) is 64.3 Å². The number of halogens is 1. The number of nitrogens with zero attached hydrogens (tertiary/aromatic N) is 6. The number of piperazine rings is 1. The van der Waals surface area contributed by atoms with E-state index in [4.69, 9.17) is 26.7 Å². The molecule has 2 fully saturated rings. The van der Waals surface area contributed by atoms with Crippen LogP contribution in [0, 0.1) is 0 Å². The largest absolute Gasteiger partial charge is 0.367 e. The third-order valence-electron chi connectivity index (χ3n) is 8.09. The summed E-state index contributed by atoms with van der Waals surface area (Å²) in [5, 5.41) is 9.26. The van der Waals surface area contributed by atoms with Gasteiger partial charge >= 0.3 is 0 Å². The Balaban J connectivity index is 1.48. The molecule has 1 aromatic carbocycles. The summed E-state index contributed by atoms with van der Waals surface area (Å²) in [5.41, 5.74) is 3.23. The first kappa shape index (κ1) is 24.8. The van der Waals surface area contributed by atoms with Crippen molar-refractivity contribution in [2.24, 2.45) is 0 Å². The predicted octanol–water partition coefficient (Wildman–Crippen LogP) is 5.04. The molecule has 1 saturated heterocycles. The highest BCUT2D eigenvalue weighted by Crippen LogP contribution is 2.44. The van der Waals surface area contributed by atoms with E-state index < -0.39 is 0 Å². The third kappa shape index (κ3) is 4.63. The fourth-order valence-electron chi connectivity index (χ4n) is 5.58. The van der Waals surface area contributed by atoms with Gasteiger partial charge in [-0.1, -0.05) is 44.0 Å². The first-order chi connectivity index (χ1) is 17.4. The highest BCUT2D eigenvalue weighted by Gasteiger charge is 2.39. The van der Waals surface area contributed by atoms with Crippen molar-refractivity contribution >= 4 is 40.3 Å². The monoisotopic (exact) mass is 509 g/mol. The van der Waals surface area contributed by atoms with Gasteiger partial charge < -0.3 is 15.1 Å². The molecule has 2 aromatic heterocycles. The Labute approximate surface area is 218 Å². The molecule has 2 aliphatic rings. The fourth-order valence-corrected chi connectivity index (χ4v) is 5.70. The number of carbonyl (C=O) groups is 1. The van der Waals surface area contributed by atoms with Gasteiger partial charge in [-0.2, -0.15) is 10.1 Å². The SMILES string of the molecule is CCC(CC)n1ncc2nc(N3CCN(C(C)=O)CC3)nc(NCC3(c4ccc(Cl)cc4)CCC3)c21. The molecule has 0 unspecified atom stereocenters. The van der Waals surface area contributed by atoms with Gasteiger partial charge in [-0.25, -0.2) is 4.98 Å². The number of aromatic nitrogens is 4. The predicted molar refractivity (Wildman–Crippen MR) is 145 cm³/mol. The molecule has 1 saturated carbocycles. The highest BCUT2D eigenvalue weighted by molar-refractivity contribution is 6.30. The van der Waals surface area contributed by atoms with Crippen molar-refractivity contribution in [3.8, 4) is 0 Å². The van der Waals surface area contributed by atoms with E-state index in [0.717, 1.165) is 67.2 Å². The van der Waals surface area contributed by atoms with Gasteiger partial charge in [0.05, 0.1) is 12.2 Å². The van der Waals surface area contributed by atoms with Crippen LogP contribution in [-0.2, 0) is 10.2 Å². The van der Waals surface area contributed by atoms with E-state index in [1.165, 1.54) is 12.0 Å². The number of anilines is 2.